The van der Waals surface area contributed by atoms with Gasteiger partial charge in [-0.3, -0.25) is 14.4 Å². The van der Waals surface area contributed by atoms with Gasteiger partial charge < -0.3 is 60.2 Å². The number of ether oxygens (including phenoxy) is 3. The van der Waals surface area contributed by atoms with Gasteiger partial charge in [0, 0.05) is 55.6 Å². The molecular weight excluding hydrogens is 1180 g/mol. The van der Waals surface area contributed by atoms with Gasteiger partial charge in [0.25, 0.3) is 17.7 Å². The van der Waals surface area contributed by atoms with Gasteiger partial charge in [0.1, 0.15) is 35.1 Å². The van der Waals surface area contributed by atoms with Gasteiger partial charge >= 0.3 is 18.3 Å². The summed E-state index contributed by atoms with van der Waals surface area (Å²) in [4.78, 5) is 94.0. The number of hydrogen-bond donors (Lipinski definition) is 6. The lowest BCUT2D eigenvalue weighted by molar-refractivity contribution is -0.00186. The summed E-state index contributed by atoms with van der Waals surface area (Å²) in [5, 5.41) is 49.2. The van der Waals surface area contributed by atoms with Crippen molar-refractivity contribution in [1.82, 2.24) is 30.7 Å². The molecule has 0 saturated carbocycles. The minimum absolute atomic E-state index is 0.0432. The van der Waals surface area contributed by atoms with E-state index in [2.05, 4.69) is 16.0 Å². The molecule has 0 radical (unpaired) electrons. The Bertz CT molecular complexity index is 3140. The number of likely N-dealkylation sites (tertiary alicyclic amines) is 3. The lowest BCUT2D eigenvalue weighted by Gasteiger charge is -2.40. The average Bonchev–Trinajstić information content (AvgIpc) is 1.72. The van der Waals surface area contributed by atoms with Crippen LogP contribution in [0.15, 0.2) is 200 Å². The normalized spacial score (nSPS) is 19.0. The Balaban J connectivity index is 1.15. The average molecular weight is 1260 g/mol. The number of nitrogens with one attached hydrogen (secondary N) is 3. The Labute approximate surface area is 543 Å². The molecule has 0 unspecified atom stereocenters. The van der Waals surface area contributed by atoms with Crippen LogP contribution in [0.2, 0.25) is 0 Å². The van der Waals surface area contributed by atoms with Crippen molar-refractivity contribution < 1.29 is 58.3 Å². The molecule has 3 fully saturated rings. The maximum absolute atomic E-state index is 16.4. The first-order chi connectivity index (χ1) is 45.1. The van der Waals surface area contributed by atoms with Crippen molar-refractivity contribution in [3.63, 3.8) is 0 Å². The molecule has 6 atom stereocenters. The van der Waals surface area contributed by atoms with E-state index in [0.29, 0.717) is 72.3 Å². The molecule has 3 aliphatic rings. The van der Waals surface area contributed by atoms with Crippen molar-refractivity contribution in [2.75, 3.05) is 39.3 Å². The summed E-state index contributed by atoms with van der Waals surface area (Å²) in [6.07, 6.45) is -0.601. The predicted octanol–water partition coefficient (Wildman–Crippen LogP) is 10.8. The lowest BCUT2D eigenvalue weighted by Crippen LogP contribution is -2.51. The van der Waals surface area contributed by atoms with Crippen LogP contribution in [0.4, 0.5) is 14.4 Å². The van der Waals surface area contributed by atoms with Crippen LogP contribution in [-0.2, 0) is 31.0 Å². The van der Waals surface area contributed by atoms with E-state index in [-0.39, 0.29) is 55.6 Å². The Hall–Kier alpha value is -9.36. The molecule has 6 N–H and O–H groups in total. The molecule has 486 valence electrons. The molecule has 0 bridgehead atoms. The predicted molar refractivity (Wildman–Crippen MR) is 352 cm³/mol. The Morgan fingerprint density at radius 1 is 0.366 bits per heavy atom. The summed E-state index contributed by atoms with van der Waals surface area (Å²) in [7, 11) is 0. The fourth-order valence-electron chi connectivity index (χ4n) is 13.5. The number of aliphatic hydroxyl groups is 3. The highest BCUT2D eigenvalue weighted by molar-refractivity contribution is 6.05. The quantitative estimate of drug-likeness (QED) is 0.0245. The van der Waals surface area contributed by atoms with Gasteiger partial charge in [-0.05, 0) is 70.8 Å². The number of carbonyl (C=O) groups is 6. The molecule has 0 aromatic heterocycles. The van der Waals surface area contributed by atoms with Crippen molar-refractivity contribution in [2.24, 2.45) is 0 Å². The highest BCUT2D eigenvalue weighted by atomic mass is 16.6. The number of benzene rings is 7. The van der Waals surface area contributed by atoms with Crippen molar-refractivity contribution >= 4 is 36.0 Å². The second-order valence-corrected chi connectivity index (χ2v) is 24.3. The SMILES string of the molecule is CCCCNC(=O)O[C@@H]1C[C@@H](C(O)(c2ccccc2)c2ccccc2)N(C(=O)c2cc(C(=O)N3C[C@H](OC(=O)NCCCC)C[C@H]3C(O)(c3ccccc3)c3ccccc3)cc(C(=O)N3C[C@H](OC(=O)NCCCC)C[C@H]3C(O)(c3ccccc3)c3ccccc3)c2)C1. The van der Waals surface area contributed by atoms with E-state index in [0.717, 1.165) is 19.3 Å². The van der Waals surface area contributed by atoms with Crippen molar-refractivity contribution in [3.05, 3.63) is 250 Å². The minimum atomic E-state index is -1.94. The van der Waals surface area contributed by atoms with Crippen molar-refractivity contribution in [1.29, 1.82) is 0 Å². The molecule has 3 heterocycles. The number of carbonyl (C=O) groups excluding carboxylic acids is 6. The van der Waals surface area contributed by atoms with Crippen LogP contribution in [0.3, 0.4) is 0 Å². The molecule has 7 aromatic rings. The Kier molecular flexibility index (Phi) is 21.7. The highest BCUT2D eigenvalue weighted by Crippen LogP contribution is 2.46. The molecule has 6 amide bonds. The van der Waals surface area contributed by atoms with Crippen LogP contribution in [-0.4, -0.2) is 142 Å². The van der Waals surface area contributed by atoms with Crippen LogP contribution < -0.4 is 16.0 Å². The topological polar surface area (TPSA) is 237 Å². The summed E-state index contributed by atoms with van der Waals surface area (Å²) in [6.45, 7) is 6.35. The molecule has 93 heavy (non-hydrogen) atoms. The van der Waals surface area contributed by atoms with E-state index >= 15 is 14.4 Å². The first-order valence-electron chi connectivity index (χ1n) is 32.5. The molecule has 18 heteroatoms. The zero-order valence-corrected chi connectivity index (χ0v) is 53.0. The standard InChI is InChI=1S/C75H84N6O12/c1-4-7-40-76-70(85)91-61-46-64(73(88,55-28-16-10-17-29-55)56-30-18-11-19-31-56)79(49-61)67(82)52-43-53(68(83)80-50-62(92-71(86)77-41-8-5-2)47-65(80)74(89,57-32-20-12-21-33-57)58-34-22-13-23-35-58)45-54(44-52)69(84)81-51-63(93-72(87)78-42-9-6-3)48-66(81)75(90,59-36-24-14-25-37-59)60-38-26-15-27-39-60/h10-39,43-45,61-66,88-90H,4-9,40-42,46-51H2,1-3H3,(H,76,85)(H,77,86)(H,78,87)/t61-,62-,63-,64+,65+,66+/m1/s1. The van der Waals surface area contributed by atoms with Gasteiger partial charge in [0.2, 0.25) is 0 Å². The molecule has 0 aliphatic carbocycles. The monoisotopic (exact) mass is 1260 g/mol. The Morgan fingerprint density at radius 2 is 0.570 bits per heavy atom. The number of unbranched alkanes of at least 4 members (excludes halogenated alkanes) is 3. The fourth-order valence-corrected chi connectivity index (χ4v) is 13.5. The van der Waals surface area contributed by atoms with Gasteiger partial charge in [0.15, 0.2) is 0 Å². The van der Waals surface area contributed by atoms with Gasteiger partial charge in [-0.25, -0.2) is 14.4 Å². The Morgan fingerprint density at radius 3 is 0.763 bits per heavy atom. The second-order valence-electron chi connectivity index (χ2n) is 24.3. The van der Waals surface area contributed by atoms with Crippen molar-refractivity contribution in [3.8, 4) is 0 Å². The van der Waals surface area contributed by atoms with E-state index in [1.807, 2.05) is 57.2 Å². The van der Waals surface area contributed by atoms with Crippen LogP contribution >= 0.6 is 0 Å². The molecule has 10 rings (SSSR count). The van der Waals surface area contributed by atoms with Crippen molar-refractivity contribution in [2.45, 2.75) is 132 Å². The first kappa shape index (κ1) is 66.6. The maximum Gasteiger partial charge on any atom is 0.407 e. The number of nitrogens with zero attached hydrogens (tertiary/aromatic N) is 3. The zero-order valence-electron chi connectivity index (χ0n) is 53.0. The molecule has 7 aromatic carbocycles. The van der Waals surface area contributed by atoms with Crippen LogP contribution in [0.5, 0.6) is 0 Å². The second kappa shape index (κ2) is 30.4. The maximum atomic E-state index is 16.4. The molecule has 18 nitrogen and oxygen atoms in total. The third-order valence-corrected chi connectivity index (χ3v) is 18.2. The van der Waals surface area contributed by atoms with Crippen LogP contribution in [0.25, 0.3) is 0 Å². The third kappa shape index (κ3) is 14.6. The molecule has 0 spiro atoms. The molecule has 3 saturated heterocycles. The lowest BCUT2D eigenvalue weighted by atomic mass is 9.78. The van der Waals surface area contributed by atoms with Gasteiger partial charge in [0.05, 0.1) is 37.8 Å². The van der Waals surface area contributed by atoms with Gasteiger partial charge in [-0.1, -0.05) is 222 Å². The van der Waals surface area contributed by atoms with Crippen LogP contribution in [0.1, 0.15) is 143 Å². The summed E-state index contributed by atoms with van der Waals surface area (Å²) >= 11 is 0. The van der Waals surface area contributed by atoms with E-state index in [1.54, 1.807) is 146 Å². The minimum Gasteiger partial charge on any atom is -0.444 e. The molecular formula is C75H84N6O12. The molecule has 3 aliphatic heterocycles. The number of rotatable bonds is 24. The summed E-state index contributed by atoms with van der Waals surface area (Å²) < 4.78 is 18.3. The number of hydrogen-bond acceptors (Lipinski definition) is 12. The van der Waals surface area contributed by atoms with E-state index in [4.69, 9.17) is 14.2 Å². The van der Waals surface area contributed by atoms with Gasteiger partial charge in [-0.2, -0.15) is 0 Å². The highest BCUT2D eigenvalue weighted by Gasteiger charge is 2.55. The first-order valence-corrected chi connectivity index (χ1v) is 32.5. The van der Waals surface area contributed by atoms with Crippen LogP contribution in [0, 0.1) is 0 Å². The fraction of sp³-hybridized carbons (Fsp3) is 0.360. The largest absolute Gasteiger partial charge is 0.444 e. The smallest absolute Gasteiger partial charge is 0.407 e. The van der Waals surface area contributed by atoms with E-state index in [1.165, 1.54) is 32.9 Å². The number of amides is 6. The van der Waals surface area contributed by atoms with E-state index in [9.17, 15) is 29.7 Å². The zero-order chi connectivity index (χ0) is 65.5. The van der Waals surface area contributed by atoms with E-state index < -0.39 is 89.2 Å². The summed E-state index contributed by atoms with van der Waals surface area (Å²) in [5.41, 5.74) is -3.73. The number of alkyl carbamates (subject to hydrolysis) is 3. The van der Waals surface area contributed by atoms with Gasteiger partial charge in [-0.15, -0.1) is 0 Å². The summed E-state index contributed by atoms with van der Waals surface area (Å²) in [5.74, 6) is -2.23. The summed E-state index contributed by atoms with van der Waals surface area (Å²) in [6, 6.07) is 54.0. The third-order valence-electron chi connectivity index (χ3n) is 18.2.